The van der Waals surface area contributed by atoms with Gasteiger partial charge in [-0.05, 0) is 137 Å². The van der Waals surface area contributed by atoms with Crippen molar-refractivity contribution in [2.75, 3.05) is 4.90 Å². The molecule has 0 aliphatic heterocycles. The minimum absolute atomic E-state index is 0.119. The van der Waals surface area contributed by atoms with Gasteiger partial charge in [0.1, 0.15) is 0 Å². The normalized spacial score (nSPS) is 15.4. The lowest BCUT2D eigenvalue weighted by molar-refractivity contribution is 0.0728. The molecule has 1 heteroatoms. The minimum Gasteiger partial charge on any atom is -0.310 e. The van der Waals surface area contributed by atoms with Gasteiger partial charge in [0.2, 0.25) is 0 Å². The van der Waals surface area contributed by atoms with Gasteiger partial charge < -0.3 is 4.90 Å². The summed E-state index contributed by atoms with van der Waals surface area (Å²) in [6.07, 6.45) is 10.9. The van der Waals surface area contributed by atoms with Gasteiger partial charge in [0.05, 0.1) is 0 Å². The quantitative estimate of drug-likeness (QED) is 0.160. The highest BCUT2D eigenvalue weighted by Crippen LogP contribution is 2.54. The summed E-state index contributed by atoms with van der Waals surface area (Å²) in [5.41, 5.74) is 14.5. The lowest BCUT2D eigenvalue weighted by atomic mass is 9.53. The number of aryl methyl sites for hydroxylation is 4. The van der Waals surface area contributed by atoms with Gasteiger partial charge in [-0.3, -0.25) is 0 Å². The standard InChI is InChI=1S/C43H53N/c1-8-41(5,9-2)30-43(7,42(6,10-3)11-4)37-22-16-31(17-23-37)32-18-24-38(25-19-32)44(39-26-20-33-12-14-35(33)28-39)40-27-21-34-13-15-36(34)29-40/h16-29H,8-15,30H2,1-7H3. The fourth-order valence-electron chi connectivity index (χ4n) is 7.97. The van der Waals surface area contributed by atoms with Gasteiger partial charge in [0.25, 0.3) is 0 Å². The first-order chi connectivity index (χ1) is 21.2. The summed E-state index contributed by atoms with van der Waals surface area (Å²) in [7, 11) is 0. The van der Waals surface area contributed by atoms with E-state index in [1.807, 2.05) is 0 Å². The number of anilines is 3. The Labute approximate surface area is 267 Å². The molecule has 1 nitrogen and oxygen atoms in total. The third kappa shape index (κ3) is 5.31. The Morgan fingerprint density at radius 3 is 1.32 bits per heavy atom. The van der Waals surface area contributed by atoms with E-state index in [2.05, 4.69) is 138 Å². The van der Waals surface area contributed by atoms with Crippen LogP contribution in [0.4, 0.5) is 17.1 Å². The molecule has 1 unspecified atom stereocenters. The molecule has 0 bridgehead atoms. The summed E-state index contributed by atoms with van der Waals surface area (Å²) in [4.78, 5) is 2.45. The van der Waals surface area contributed by atoms with Crippen molar-refractivity contribution in [1.29, 1.82) is 0 Å². The molecule has 0 radical (unpaired) electrons. The highest BCUT2D eigenvalue weighted by Gasteiger charge is 2.46. The van der Waals surface area contributed by atoms with E-state index in [4.69, 9.17) is 0 Å². The number of fused-ring (bicyclic) bond motifs is 2. The first-order valence-corrected chi connectivity index (χ1v) is 17.4. The Kier molecular flexibility index (Phi) is 8.29. The van der Waals surface area contributed by atoms with Crippen molar-refractivity contribution < 1.29 is 0 Å². The van der Waals surface area contributed by atoms with E-state index in [9.17, 15) is 0 Å². The van der Waals surface area contributed by atoms with Crippen LogP contribution in [0.1, 0.15) is 108 Å². The fraction of sp³-hybridized carbons (Fsp3) is 0.442. The van der Waals surface area contributed by atoms with Crippen molar-refractivity contribution in [2.24, 2.45) is 10.8 Å². The molecule has 4 aromatic carbocycles. The van der Waals surface area contributed by atoms with Crippen LogP contribution in [0.25, 0.3) is 11.1 Å². The van der Waals surface area contributed by atoms with Crippen LogP contribution in [-0.2, 0) is 31.1 Å². The SMILES string of the molecule is CCC(C)(CC)CC(C)(c1ccc(-c2ccc(N(c3ccc4c(c3)CC4)c3ccc4c(c3)CC4)cc2)cc1)C(C)(CC)CC. The van der Waals surface area contributed by atoms with Crippen LogP contribution in [0.15, 0.2) is 84.9 Å². The zero-order chi connectivity index (χ0) is 31.1. The van der Waals surface area contributed by atoms with Crippen LogP contribution in [0, 0.1) is 10.8 Å². The number of rotatable bonds is 12. The second-order valence-electron chi connectivity index (χ2n) is 14.7. The molecular formula is C43H53N. The van der Waals surface area contributed by atoms with Crippen molar-refractivity contribution in [3.63, 3.8) is 0 Å². The molecule has 6 rings (SSSR count). The first-order valence-electron chi connectivity index (χ1n) is 17.4. The molecule has 0 fully saturated rings. The average Bonchev–Trinajstić information content (AvgIpc) is 3.03. The van der Waals surface area contributed by atoms with E-state index in [1.54, 1.807) is 0 Å². The Morgan fingerprint density at radius 1 is 0.500 bits per heavy atom. The third-order valence-electron chi connectivity index (χ3n) is 12.6. The van der Waals surface area contributed by atoms with E-state index < -0.39 is 0 Å². The molecule has 0 N–H and O–H groups in total. The predicted molar refractivity (Wildman–Crippen MR) is 191 cm³/mol. The van der Waals surface area contributed by atoms with Gasteiger partial charge in [-0.2, -0.15) is 0 Å². The summed E-state index contributed by atoms with van der Waals surface area (Å²) >= 11 is 0. The van der Waals surface area contributed by atoms with Crippen LogP contribution < -0.4 is 4.90 Å². The lowest BCUT2D eigenvalue weighted by Gasteiger charge is -2.51. The van der Waals surface area contributed by atoms with Crippen molar-refractivity contribution in [3.05, 3.63) is 113 Å². The molecular weight excluding hydrogens is 530 g/mol. The molecule has 4 aromatic rings. The van der Waals surface area contributed by atoms with Gasteiger partial charge >= 0.3 is 0 Å². The second-order valence-corrected chi connectivity index (χ2v) is 14.7. The molecule has 44 heavy (non-hydrogen) atoms. The average molecular weight is 584 g/mol. The summed E-state index contributed by atoms with van der Waals surface area (Å²) < 4.78 is 0. The molecule has 0 saturated carbocycles. The van der Waals surface area contributed by atoms with Crippen LogP contribution in [0.2, 0.25) is 0 Å². The Morgan fingerprint density at radius 2 is 0.932 bits per heavy atom. The number of benzene rings is 4. The Hall–Kier alpha value is -3.32. The van der Waals surface area contributed by atoms with Gasteiger partial charge in [0, 0.05) is 17.1 Å². The maximum atomic E-state index is 2.55. The van der Waals surface area contributed by atoms with Crippen molar-refractivity contribution in [2.45, 2.75) is 112 Å². The molecule has 0 spiro atoms. The Balaban J connectivity index is 1.32. The van der Waals surface area contributed by atoms with Crippen molar-refractivity contribution >= 4 is 17.1 Å². The number of hydrogen-bond acceptors (Lipinski definition) is 1. The topological polar surface area (TPSA) is 3.24 Å². The van der Waals surface area contributed by atoms with E-state index in [0.717, 1.165) is 0 Å². The first kappa shape index (κ1) is 30.7. The highest BCUT2D eigenvalue weighted by molar-refractivity contribution is 5.79. The van der Waals surface area contributed by atoms with Crippen LogP contribution >= 0.6 is 0 Å². The minimum atomic E-state index is 0.119. The molecule has 0 aromatic heterocycles. The maximum absolute atomic E-state index is 2.55. The summed E-state index contributed by atoms with van der Waals surface area (Å²) in [6, 6.07) is 33.0. The summed E-state index contributed by atoms with van der Waals surface area (Å²) in [5.74, 6) is 0. The molecule has 230 valence electrons. The van der Waals surface area contributed by atoms with Gasteiger partial charge in [0.15, 0.2) is 0 Å². The molecule has 2 aliphatic carbocycles. The maximum Gasteiger partial charge on any atom is 0.0464 e. The predicted octanol–water partition coefficient (Wildman–Crippen LogP) is 12.3. The zero-order valence-electron chi connectivity index (χ0n) is 28.4. The van der Waals surface area contributed by atoms with Crippen LogP contribution in [-0.4, -0.2) is 0 Å². The van der Waals surface area contributed by atoms with E-state index in [1.165, 1.54) is 114 Å². The molecule has 1 atom stereocenters. The van der Waals surface area contributed by atoms with Crippen LogP contribution in [0.5, 0.6) is 0 Å². The van der Waals surface area contributed by atoms with Gasteiger partial charge in [-0.15, -0.1) is 0 Å². The lowest BCUT2D eigenvalue weighted by Crippen LogP contribution is -2.44. The number of nitrogens with zero attached hydrogens (tertiary/aromatic N) is 1. The number of hydrogen-bond donors (Lipinski definition) is 0. The summed E-state index contributed by atoms with van der Waals surface area (Å²) in [6.45, 7) is 17.1. The largest absolute Gasteiger partial charge is 0.310 e. The fourth-order valence-corrected chi connectivity index (χ4v) is 7.97. The Bertz CT molecular complexity index is 1540. The summed E-state index contributed by atoms with van der Waals surface area (Å²) in [5, 5.41) is 0. The molecule has 2 aliphatic rings. The smallest absolute Gasteiger partial charge is 0.0464 e. The van der Waals surface area contributed by atoms with Crippen molar-refractivity contribution in [3.8, 4) is 11.1 Å². The highest BCUT2D eigenvalue weighted by atomic mass is 15.1. The zero-order valence-corrected chi connectivity index (χ0v) is 28.4. The monoisotopic (exact) mass is 583 g/mol. The van der Waals surface area contributed by atoms with Crippen molar-refractivity contribution in [1.82, 2.24) is 0 Å². The third-order valence-corrected chi connectivity index (χ3v) is 12.6. The van der Waals surface area contributed by atoms with Crippen LogP contribution in [0.3, 0.4) is 0 Å². The molecule has 0 heterocycles. The van der Waals surface area contributed by atoms with E-state index >= 15 is 0 Å². The second kappa shape index (κ2) is 11.9. The van der Waals surface area contributed by atoms with E-state index in [-0.39, 0.29) is 10.8 Å². The molecule has 0 amide bonds. The molecule has 0 saturated heterocycles. The van der Waals surface area contributed by atoms with Gasteiger partial charge in [-0.1, -0.05) is 110 Å². The van der Waals surface area contributed by atoms with E-state index in [0.29, 0.717) is 5.41 Å². The van der Waals surface area contributed by atoms with Gasteiger partial charge in [-0.25, -0.2) is 0 Å².